The molecule has 1 heterocycles. The minimum atomic E-state index is -0.739. The van der Waals surface area contributed by atoms with Gasteiger partial charge in [-0.3, -0.25) is 0 Å². The normalized spacial score (nSPS) is 8.92. The average Bonchev–Trinajstić information content (AvgIpc) is 2.07. The quantitative estimate of drug-likeness (QED) is 0.459. The summed E-state index contributed by atoms with van der Waals surface area (Å²) < 4.78 is 0.390. The van der Waals surface area contributed by atoms with Crippen molar-refractivity contribution in [3.8, 4) is 12.3 Å². The summed E-state index contributed by atoms with van der Waals surface area (Å²) in [4.78, 5) is 14.2. The van der Waals surface area contributed by atoms with Gasteiger partial charge in [-0.2, -0.15) is 4.98 Å². The number of nitrogens with zero attached hydrogens (tertiary/aromatic N) is 2. The Labute approximate surface area is 68.6 Å². The number of anilines is 1. The molecule has 0 aliphatic carbocycles. The first-order valence-corrected chi connectivity index (χ1v) is 3.20. The van der Waals surface area contributed by atoms with Gasteiger partial charge in [-0.25, -0.2) is 4.79 Å². The molecule has 0 aromatic carbocycles. The molecule has 1 aromatic rings. The zero-order chi connectivity index (χ0) is 8.97. The molecule has 12 heavy (non-hydrogen) atoms. The van der Waals surface area contributed by atoms with Gasteiger partial charge in [0.25, 0.3) is 0 Å². The fraction of sp³-hybridized carbons (Fsp3) is 0.143. The predicted molar refractivity (Wildman–Crippen MR) is 43.0 cm³/mol. The Kier molecular flexibility index (Phi) is 2.33. The molecular formula is C7H7N3O2. The van der Waals surface area contributed by atoms with Crippen LogP contribution in [-0.2, 0) is 0 Å². The second kappa shape index (κ2) is 3.44. The first kappa shape index (κ1) is 8.14. The van der Waals surface area contributed by atoms with Gasteiger partial charge in [0, 0.05) is 6.07 Å². The maximum atomic E-state index is 10.7. The van der Waals surface area contributed by atoms with E-state index < -0.39 is 5.69 Å². The predicted octanol–water partition coefficient (Wildman–Crippen LogP) is -0.474. The minimum Gasteiger partial charge on any atom is -0.424 e. The zero-order valence-electron chi connectivity index (χ0n) is 6.19. The Hall–Kier alpha value is -1.96. The molecule has 0 amide bonds. The first-order chi connectivity index (χ1) is 5.74. The van der Waals surface area contributed by atoms with E-state index in [0.29, 0.717) is 17.1 Å². The Balaban J connectivity index is 2.84. The molecular weight excluding hydrogens is 158 g/mol. The van der Waals surface area contributed by atoms with Gasteiger partial charge in [0.2, 0.25) is 0 Å². The highest BCUT2D eigenvalue weighted by Gasteiger charge is 1.95. The molecule has 0 atom stereocenters. The summed E-state index contributed by atoms with van der Waals surface area (Å²) in [7, 11) is 0. The molecule has 1 aromatic heterocycles. The van der Waals surface area contributed by atoms with Crippen LogP contribution in [0.5, 0.6) is 0 Å². The lowest BCUT2D eigenvalue weighted by Gasteiger charge is -1.99. The summed E-state index contributed by atoms with van der Waals surface area (Å²) in [6.45, 7) is 0.294. The molecule has 0 unspecified atom stereocenters. The van der Waals surface area contributed by atoms with Crippen LogP contribution in [0.4, 0.5) is 5.82 Å². The third-order valence-corrected chi connectivity index (χ3v) is 1.16. The van der Waals surface area contributed by atoms with E-state index in [1.165, 1.54) is 12.3 Å². The van der Waals surface area contributed by atoms with Gasteiger partial charge in [-0.05, 0) is 0 Å². The molecule has 62 valence electrons. The summed E-state index contributed by atoms with van der Waals surface area (Å²) in [5.41, 5.74) is -0.739. The van der Waals surface area contributed by atoms with Crippen molar-refractivity contribution < 1.29 is 5.21 Å². The van der Waals surface area contributed by atoms with Crippen LogP contribution in [0, 0.1) is 12.3 Å². The molecule has 1 rings (SSSR count). The third kappa shape index (κ3) is 1.76. The summed E-state index contributed by atoms with van der Waals surface area (Å²) in [6, 6.07) is 1.44. The summed E-state index contributed by atoms with van der Waals surface area (Å²) in [5.74, 6) is 2.68. The van der Waals surface area contributed by atoms with Crippen LogP contribution in [0.3, 0.4) is 0 Å². The van der Waals surface area contributed by atoms with Gasteiger partial charge in [0.15, 0.2) is 0 Å². The van der Waals surface area contributed by atoms with Crippen molar-refractivity contribution in [1.82, 2.24) is 9.71 Å². The molecule has 0 aliphatic heterocycles. The number of aromatic nitrogens is 2. The standard InChI is InChI=1S/C7H7N3O2/c1-2-4-8-6-3-5-10(12)7(11)9-6/h1,3,5,12H,4H2,(H,8,9,11). The highest BCUT2D eigenvalue weighted by Crippen LogP contribution is 1.94. The van der Waals surface area contributed by atoms with Gasteiger partial charge in [0.1, 0.15) is 5.82 Å². The van der Waals surface area contributed by atoms with E-state index in [9.17, 15) is 4.79 Å². The van der Waals surface area contributed by atoms with Gasteiger partial charge in [-0.1, -0.05) is 5.92 Å². The van der Waals surface area contributed by atoms with E-state index >= 15 is 0 Å². The third-order valence-electron chi connectivity index (χ3n) is 1.16. The number of hydrogen-bond donors (Lipinski definition) is 2. The summed E-state index contributed by atoms with van der Waals surface area (Å²) in [6.07, 6.45) is 6.16. The van der Waals surface area contributed by atoms with Crippen molar-refractivity contribution in [3.63, 3.8) is 0 Å². The van der Waals surface area contributed by atoms with Gasteiger partial charge in [-0.15, -0.1) is 11.2 Å². The Morgan fingerprint density at radius 1 is 1.83 bits per heavy atom. The SMILES string of the molecule is C#CCNc1ccn(O)c(=O)n1. The summed E-state index contributed by atoms with van der Waals surface area (Å²) >= 11 is 0. The van der Waals surface area contributed by atoms with E-state index in [1.54, 1.807) is 0 Å². The fourth-order valence-electron chi connectivity index (χ4n) is 0.637. The van der Waals surface area contributed by atoms with Crippen LogP contribution in [0.2, 0.25) is 0 Å². The molecule has 0 spiro atoms. The second-order valence-electron chi connectivity index (χ2n) is 2.00. The monoisotopic (exact) mass is 165 g/mol. The molecule has 5 heteroatoms. The van der Waals surface area contributed by atoms with Crippen molar-refractivity contribution >= 4 is 5.82 Å². The second-order valence-corrected chi connectivity index (χ2v) is 2.00. The van der Waals surface area contributed by atoms with Crippen LogP contribution in [0.15, 0.2) is 17.1 Å². The fourth-order valence-corrected chi connectivity index (χ4v) is 0.637. The highest BCUT2D eigenvalue weighted by molar-refractivity contribution is 5.33. The molecule has 0 aliphatic rings. The molecule has 0 fully saturated rings. The van der Waals surface area contributed by atoms with Crippen molar-refractivity contribution in [2.24, 2.45) is 0 Å². The highest BCUT2D eigenvalue weighted by atomic mass is 16.5. The zero-order valence-corrected chi connectivity index (χ0v) is 6.19. The van der Waals surface area contributed by atoms with Crippen LogP contribution in [0.25, 0.3) is 0 Å². The van der Waals surface area contributed by atoms with Crippen molar-refractivity contribution in [3.05, 3.63) is 22.7 Å². The van der Waals surface area contributed by atoms with Gasteiger partial charge < -0.3 is 10.5 Å². The Morgan fingerprint density at radius 3 is 3.17 bits per heavy atom. The van der Waals surface area contributed by atoms with E-state index in [-0.39, 0.29) is 0 Å². The van der Waals surface area contributed by atoms with Crippen molar-refractivity contribution in [2.45, 2.75) is 0 Å². The summed E-state index contributed by atoms with van der Waals surface area (Å²) in [5, 5.41) is 11.4. The van der Waals surface area contributed by atoms with Crippen molar-refractivity contribution in [2.75, 3.05) is 11.9 Å². The number of nitrogens with one attached hydrogen (secondary N) is 1. The minimum absolute atomic E-state index is 0.294. The van der Waals surface area contributed by atoms with E-state index in [0.717, 1.165) is 0 Å². The maximum absolute atomic E-state index is 10.7. The van der Waals surface area contributed by atoms with Crippen LogP contribution in [0.1, 0.15) is 0 Å². The maximum Gasteiger partial charge on any atom is 0.382 e. The van der Waals surface area contributed by atoms with E-state index in [2.05, 4.69) is 16.2 Å². The van der Waals surface area contributed by atoms with E-state index in [4.69, 9.17) is 11.6 Å². The van der Waals surface area contributed by atoms with Gasteiger partial charge in [0.05, 0.1) is 12.7 Å². The van der Waals surface area contributed by atoms with Crippen molar-refractivity contribution in [1.29, 1.82) is 0 Å². The number of terminal acetylenes is 1. The van der Waals surface area contributed by atoms with Crippen LogP contribution < -0.4 is 11.0 Å². The number of hydrogen-bond acceptors (Lipinski definition) is 4. The number of rotatable bonds is 2. The average molecular weight is 165 g/mol. The van der Waals surface area contributed by atoms with Crippen LogP contribution in [-0.4, -0.2) is 21.5 Å². The lowest BCUT2D eigenvalue weighted by molar-refractivity contribution is 0.170. The largest absolute Gasteiger partial charge is 0.424 e. The van der Waals surface area contributed by atoms with Crippen LogP contribution >= 0.6 is 0 Å². The van der Waals surface area contributed by atoms with Gasteiger partial charge >= 0.3 is 5.69 Å². The molecule has 0 bridgehead atoms. The first-order valence-electron chi connectivity index (χ1n) is 3.20. The Morgan fingerprint density at radius 2 is 2.58 bits per heavy atom. The topological polar surface area (TPSA) is 67.2 Å². The molecule has 0 saturated carbocycles. The molecule has 5 nitrogen and oxygen atoms in total. The lowest BCUT2D eigenvalue weighted by atomic mass is 10.5. The smallest absolute Gasteiger partial charge is 0.382 e. The molecule has 2 N–H and O–H groups in total. The Bertz CT molecular complexity index is 364. The lowest BCUT2D eigenvalue weighted by Crippen LogP contribution is -2.21. The molecule has 0 saturated heterocycles. The molecule has 0 radical (unpaired) electrons. The van der Waals surface area contributed by atoms with E-state index in [1.807, 2.05) is 0 Å².